The maximum atomic E-state index is 12.5. The molecule has 142 valence electrons. The van der Waals surface area contributed by atoms with Crippen molar-refractivity contribution >= 4 is 12.1 Å². The van der Waals surface area contributed by atoms with E-state index < -0.39 is 18.1 Å². The molecule has 3 rings (SSSR count). The molecule has 2 aromatic rings. The van der Waals surface area contributed by atoms with Crippen LogP contribution in [0, 0.1) is 0 Å². The first-order chi connectivity index (χ1) is 13.0. The molecule has 0 bridgehead atoms. The zero-order valence-corrected chi connectivity index (χ0v) is 15.4. The van der Waals surface area contributed by atoms with E-state index in [0.717, 1.165) is 22.3 Å². The van der Waals surface area contributed by atoms with E-state index in [-0.39, 0.29) is 25.6 Å². The third-order valence-electron chi connectivity index (χ3n) is 4.94. The molecular weight excluding hydrogens is 346 g/mol. The number of likely N-dealkylation sites (N-methyl/N-ethyl adjacent to an activating group) is 1. The van der Waals surface area contributed by atoms with Gasteiger partial charge in [0.2, 0.25) is 0 Å². The number of hydrogen-bond donors (Lipinski definition) is 1. The summed E-state index contributed by atoms with van der Waals surface area (Å²) in [4.78, 5) is 24.8. The van der Waals surface area contributed by atoms with Gasteiger partial charge in [-0.1, -0.05) is 48.5 Å². The minimum absolute atomic E-state index is 0.0323. The van der Waals surface area contributed by atoms with E-state index >= 15 is 0 Å². The Hall–Kier alpha value is -2.86. The summed E-state index contributed by atoms with van der Waals surface area (Å²) >= 11 is 0. The Morgan fingerprint density at radius 1 is 1.07 bits per heavy atom. The molecule has 6 heteroatoms. The van der Waals surface area contributed by atoms with Gasteiger partial charge in [-0.25, -0.2) is 4.79 Å². The van der Waals surface area contributed by atoms with Crippen LogP contribution >= 0.6 is 0 Å². The Kier molecular flexibility index (Phi) is 5.76. The van der Waals surface area contributed by atoms with E-state index in [9.17, 15) is 9.59 Å². The number of aliphatic carboxylic acids is 1. The average molecular weight is 369 g/mol. The van der Waals surface area contributed by atoms with Crippen LogP contribution in [0.1, 0.15) is 23.5 Å². The summed E-state index contributed by atoms with van der Waals surface area (Å²) in [5, 5.41) is 9.03. The van der Waals surface area contributed by atoms with E-state index in [1.807, 2.05) is 24.3 Å². The van der Waals surface area contributed by atoms with Gasteiger partial charge in [-0.2, -0.15) is 0 Å². The zero-order chi connectivity index (χ0) is 19.4. The zero-order valence-electron chi connectivity index (χ0n) is 15.4. The Morgan fingerprint density at radius 3 is 2.15 bits per heavy atom. The smallest absolute Gasteiger partial charge is 0.409 e. The van der Waals surface area contributed by atoms with Crippen molar-refractivity contribution in [2.24, 2.45) is 0 Å². The number of carboxylic acid groups (broad SMARTS) is 1. The number of hydrogen-bond acceptors (Lipinski definition) is 4. The van der Waals surface area contributed by atoms with Crippen molar-refractivity contribution in [3.8, 4) is 11.1 Å². The van der Waals surface area contributed by atoms with Gasteiger partial charge in [0.1, 0.15) is 6.61 Å². The van der Waals surface area contributed by atoms with Crippen LogP contribution < -0.4 is 0 Å². The summed E-state index contributed by atoms with van der Waals surface area (Å²) < 4.78 is 10.6. The maximum Gasteiger partial charge on any atom is 0.409 e. The molecule has 0 fully saturated rings. The number of carbonyl (C=O) groups is 2. The van der Waals surface area contributed by atoms with Crippen LogP contribution in [0.4, 0.5) is 4.79 Å². The minimum Gasteiger partial charge on any atom is -0.481 e. The molecule has 0 saturated carbocycles. The summed E-state index contributed by atoms with van der Waals surface area (Å²) in [5.74, 6) is -1.02. The molecule has 6 nitrogen and oxygen atoms in total. The molecule has 1 atom stereocenters. The van der Waals surface area contributed by atoms with E-state index in [0.29, 0.717) is 0 Å². The second-order valence-corrected chi connectivity index (χ2v) is 6.62. The van der Waals surface area contributed by atoms with Gasteiger partial charge in [0.25, 0.3) is 0 Å². The number of amides is 1. The van der Waals surface area contributed by atoms with Crippen molar-refractivity contribution < 1.29 is 24.2 Å². The summed E-state index contributed by atoms with van der Waals surface area (Å²) in [7, 11) is 3.01. The highest BCUT2D eigenvalue weighted by Crippen LogP contribution is 2.44. The molecule has 0 saturated heterocycles. The highest BCUT2D eigenvalue weighted by atomic mass is 16.6. The van der Waals surface area contributed by atoms with Gasteiger partial charge in [0, 0.05) is 20.1 Å². The number of benzene rings is 2. The standard InChI is InChI=1S/C21H23NO5/c1-22(14(12-26-2)11-20(23)24)21(25)27-13-19-17-9-5-3-7-15(17)16-8-4-6-10-18(16)19/h3-10,14,19H,11-13H2,1-2H3,(H,23,24)/t14-/m0/s1. The minimum atomic E-state index is -0.990. The van der Waals surface area contributed by atoms with Crippen LogP contribution in [-0.2, 0) is 14.3 Å². The van der Waals surface area contributed by atoms with Crippen molar-refractivity contribution in [1.29, 1.82) is 0 Å². The Labute approximate surface area is 158 Å². The van der Waals surface area contributed by atoms with E-state index in [1.165, 1.54) is 19.1 Å². The predicted octanol–water partition coefficient (Wildman–Crippen LogP) is 3.36. The number of ether oxygens (including phenoxy) is 2. The largest absolute Gasteiger partial charge is 0.481 e. The molecule has 1 aliphatic rings. The van der Waals surface area contributed by atoms with Gasteiger partial charge in [-0.3, -0.25) is 4.79 Å². The molecule has 0 radical (unpaired) electrons. The number of fused-ring (bicyclic) bond motifs is 3. The summed E-state index contributed by atoms with van der Waals surface area (Å²) in [6.45, 7) is 0.330. The molecule has 27 heavy (non-hydrogen) atoms. The second-order valence-electron chi connectivity index (χ2n) is 6.62. The maximum absolute atomic E-state index is 12.5. The Morgan fingerprint density at radius 2 is 1.63 bits per heavy atom. The molecule has 1 amide bonds. The fourth-order valence-electron chi connectivity index (χ4n) is 3.55. The number of rotatable bonds is 7. The monoisotopic (exact) mass is 369 g/mol. The van der Waals surface area contributed by atoms with Gasteiger partial charge in [-0.05, 0) is 22.3 Å². The number of carbonyl (C=O) groups excluding carboxylic acids is 1. The third kappa shape index (κ3) is 3.95. The third-order valence-corrected chi connectivity index (χ3v) is 4.94. The van der Waals surface area contributed by atoms with Crippen LogP contribution in [0.25, 0.3) is 11.1 Å². The van der Waals surface area contributed by atoms with Crippen LogP contribution in [0.2, 0.25) is 0 Å². The van der Waals surface area contributed by atoms with E-state index in [1.54, 1.807) is 0 Å². The van der Waals surface area contributed by atoms with Gasteiger partial charge in [0.05, 0.1) is 19.1 Å². The average Bonchev–Trinajstić information content (AvgIpc) is 2.99. The topological polar surface area (TPSA) is 76.1 Å². The SMILES string of the molecule is COC[C@H](CC(=O)O)N(C)C(=O)OCC1c2ccccc2-c2ccccc21. The normalized spacial score (nSPS) is 13.6. The first kappa shape index (κ1) is 18.9. The van der Waals surface area contributed by atoms with Crippen LogP contribution in [0.3, 0.4) is 0 Å². The van der Waals surface area contributed by atoms with Crippen molar-refractivity contribution in [3.05, 3.63) is 59.7 Å². The predicted molar refractivity (Wildman–Crippen MR) is 101 cm³/mol. The highest BCUT2D eigenvalue weighted by molar-refractivity contribution is 5.79. The van der Waals surface area contributed by atoms with Gasteiger partial charge < -0.3 is 19.5 Å². The quantitative estimate of drug-likeness (QED) is 0.810. The second kappa shape index (κ2) is 8.22. The molecule has 0 aliphatic heterocycles. The summed E-state index contributed by atoms with van der Waals surface area (Å²) in [5.41, 5.74) is 4.58. The number of nitrogens with zero attached hydrogens (tertiary/aromatic N) is 1. The van der Waals surface area contributed by atoms with Crippen LogP contribution in [0.15, 0.2) is 48.5 Å². The molecule has 1 N–H and O–H groups in total. The number of carboxylic acids is 1. The van der Waals surface area contributed by atoms with E-state index in [2.05, 4.69) is 24.3 Å². The first-order valence-electron chi connectivity index (χ1n) is 8.81. The fraction of sp³-hybridized carbons (Fsp3) is 0.333. The molecule has 0 spiro atoms. The molecule has 0 unspecified atom stereocenters. The van der Waals surface area contributed by atoms with Gasteiger partial charge >= 0.3 is 12.1 Å². The molecule has 1 aliphatic carbocycles. The van der Waals surface area contributed by atoms with Gasteiger partial charge in [0.15, 0.2) is 0 Å². The lowest BCUT2D eigenvalue weighted by molar-refractivity contribution is -0.138. The summed E-state index contributed by atoms with van der Waals surface area (Å²) in [6, 6.07) is 15.6. The molecular formula is C21H23NO5. The fourth-order valence-corrected chi connectivity index (χ4v) is 3.55. The van der Waals surface area contributed by atoms with Crippen LogP contribution in [-0.4, -0.2) is 55.5 Å². The molecule has 0 aromatic heterocycles. The Bertz CT molecular complexity index is 789. The highest BCUT2D eigenvalue weighted by Gasteiger charge is 2.30. The lowest BCUT2D eigenvalue weighted by Gasteiger charge is -2.26. The van der Waals surface area contributed by atoms with Gasteiger partial charge in [-0.15, -0.1) is 0 Å². The number of methoxy groups -OCH3 is 1. The molecule has 2 aromatic carbocycles. The van der Waals surface area contributed by atoms with Crippen molar-refractivity contribution in [3.63, 3.8) is 0 Å². The lowest BCUT2D eigenvalue weighted by atomic mass is 9.98. The van der Waals surface area contributed by atoms with Crippen LogP contribution in [0.5, 0.6) is 0 Å². The lowest BCUT2D eigenvalue weighted by Crippen LogP contribution is -2.42. The first-order valence-corrected chi connectivity index (χ1v) is 8.81. The van der Waals surface area contributed by atoms with Crippen molar-refractivity contribution in [2.75, 3.05) is 27.4 Å². The van der Waals surface area contributed by atoms with Crippen molar-refractivity contribution in [1.82, 2.24) is 4.90 Å². The van der Waals surface area contributed by atoms with E-state index in [4.69, 9.17) is 14.6 Å². The summed E-state index contributed by atoms with van der Waals surface area (Å²) in [6.07, 6.45) is -0.755. The molecule has 0 heterocycles. The van der Waals surface area contributed by atoms with Crippen molar-refractivity contribution in [2.45, 2.75) is 18.4 Å². The Balaban J connectivity index is 1.72.